The molecule has 0 saturated carbocycles. The third-order valence-corrected chi connectivity index (χ3v) is 2.55. The molecule has 1 aliphatic rings. The summed E-state index contributed by atoms with van der Waals surface area (Å²) in [6.45, 7) is 1.40. The minimum absolute atomic E-state index is 0.0548. The summed E-state index contributed by atoms with van der Waals surface area (Å²) in [6.07, 6.45) is 2.10. The topological polar surface area (TPSA) is 38.3 Å². The summed E-state index contributed by atoms with van der Waals surface area (Å²) in [5, 5.41) is 3.16. The second kappa shape index (κ2) is 4.94. The molecular formula is C12H15NO2. The number of benzene rings is 1. The van der Waals surface area contributed by atoms with Crippen molar-refractivity contribution < 1.29 is 9.53 Å². The number of cyclic esters (lactones) is 1. The predicted molar refractivity (Wildman–Crippen MR) is 57.5 cm³/mol. The van der Waals surface area contributed by atoms with Crippen LogP contribution in [-0.2, 0) is 16.0 Å². The number of nitrogens with one attached hydrogen (secondary N) is 1. The van der Waals surface area contributed by atoms with E-state index in [0.717, 1.165) is 19.4 Å². The fourth-order valence-corrected chi connectivity index (χ4v) is 1.59. The van der Waals surface area contributed by atoms with Gasteiger partial charge >= 0.3 is 5.97 Å². The molecule has 0 bridgehead atoms. The van der Waals surface area contributed by atoms with Crippen LogP contribution < -0.4 is 5.32 Å². The van der Waals surface area contributed by atoms with Crippen LogP contribution in [0.15, 0.2) is 30.3 Å². The van der Waals surface area contributed by atoms with Crippen LogP contribution in [0.25, 0.3) is 0 Å². The Kier molecular flexibility index (Phi) is 3.35. The van der Waals surface area contributed by atoms with Crippen LogP contribution in [0.2, 0.25) is 0 Å². The molecule has 1 aliphatic heterocycles. The number of rotatable bonds is 5. The summed E-state index contributed by atoms with van der Waals surface area (Å²) < 4.78 is 4.66. The van der Waals surface area contributed by atoms with Gasteiger partial charge in [-0.2, -0.15) is 0 Å². The predicted octanol–water partition coefficient (Wildman–Crippen LogP) is 1.13. The Bertz CT molecular complexity index is 324. The molecule has 3 heteroatoms. The highest BCUT2D eigenvalue weighted by atomic mass is 16.6. The first-order valence-electron chi connectivity index (χ1n) is 5.30. The van der Waals surface area contributed by atoms with Crippen LogP contribution >= 0.6 is 0 Å². The van der Waals surface area contributed by atoms with Crippen molar-refractivity contribution >= 4 is 5.97 Å². The van der Waals surface area contributed by atoms with E-state index in [1.807, 2.05) is 18.2 Å². The van der Waals surface area contributed by atoms with E-state index < -0.39 is 0 Å². The summed E-state index contributed by atoms with van der Waals surface area (Å²) in [6, 6.07) is 10.3. The van der Waals surface area contributed by atoms with Crippen LogP contribution in [0.3, 0.4) is 0 Å². The molecule has 1 heterocycles. The maximum atomic E-state index is 10.8. The van der Waals surface area contributed by atoms with E-state index >= 15 is 0 Å². The molecule has 1 saturated heterocycles. The summed E-state index contributed by atoms with van der Waals surface area (Å²) in [4.78, 5) is 10.8. The number of carbonyl (C=O) groups excluding carboxylic acids is 1. The van der Waals surface area contributed by atoms with E-state index in [2.05, 4.69) is 22.2 Å². The SMILES string of the molecule is O=C1OC[C@@H]1NCCCc1ccccc1. The van der Waals surface area contributed by atoms with E-state index in [0.29, 0.717) is 6.61 Å². The van der Waals surface area contributed by atoms with E-state index in [1.165, 1.54) is 5.56 Å². The Hall–Kier alpha value is -1.35. The van der Waals surface area contributed by atoms with Crippen LogP contribution in [0, 0.1) is 0 Å². The van der Waals surface area contributed by atoms with Crippen molar-refractivity contribution in [2.24, 2.45) is 0 Å². The molecule has 0 spiro atoms. The normalized spacial score (nSPS) is 19.5. The first-order valence-corrected chi connectivity index (χ1v) is 5.30. The lowest BCUT2D eigenvalue weighted by atomic mass is 10.1. The second-order valence-electron chi connectivity index (χ2n) is 3.73. The Morgan fingerprint density at radius 3 is 2.73 bits per heavy atom. The van der Waals surface area contributed by atoms with Gasteiger partial charge in [0.25, 0.3) is 0 Å². The van der Waals surface area contributed by atoms with Crippen LogP contribution in [0.5, 0.6) is 0 Å². The van der Waals surface area contributed by atoms with E-state index in [4.69, 9.17) is 0 Å². The van der Waals surface area contributed by atoms with Crippen molar-refractivity contribution in [1.29, 1.82) is 0 Å². The monoisotopic (exact) mass is 205 g/mol. The molecule has 1 aromatic rings. The van der Waals surface area contributed by atoms with Crippen molar-refractivity contribution in [3.63, 3.8) is 0 Å². The van der Waals surface area contributed by atoms with Gasteiger partial charge in [-0.1, -0.05) is 30.3 Å². The maximum Gasteiger partial charge on any atom is 0.326 e. The zero-order chi connectivity index (χ0) is 10.5. The molecule has 0 unspecified atom stereocenters. The average molecular weight is 205 g/mol. The Morgan fingerprint density at radius 2 is 2.13 bits per heavy atom. The number of hydrogen-bond acceptors (Lipinski definition) is 3. The molecule has 80 valence electrons. The highest BCUT2D eigenvalue weighted by Gasteiger charge is 2.29. The van der Waals surface area contributed by atoms with E-state index in [1.54, 1.807) is 0 Å². The molecule has 1 atom stereocenters. The van der Waals surface area contributed by atoms with Gasteiger partial charge in [-0.3, -0.25) is 4.79 Å². The van der Waals surface area contributed by atoms with Crippen molar-refractivity contribution in [2.75, 3.05) is 13.2 Å². The Morgan fingerprint density at radius 1 is 1.33 bits per heavy atom. The number of esters is 1. The first kappa shape index (κ1) is 10.2. The molecule has 0 amide bonds. The van der Waals surface area contributed by atoms with Crippen LogP contribution in [0.4, 0.5) is 0 Å². The molecule has 0 aromatic heterocycles. The number of carbonyl (C=O) groups is 1. The van der Waals surface area contributed by atoms with E-state index in [-0.39, 0.29) is 12.0 Å². The molecular weight excluding hydrogens is 190 g/mol. The van der Waals surface area contributed by atoms with Crippen LogP contribution in [0.1, 0.15) is 12.0 Å². The van der Waals surface area contributed by atoms with Gasteiger partial charge in [0.05, 0.1) is 0 Å². The maximum absolute atomic E-state index is 10.8. The Labute approximate surface area is 89.4 Å². The van der Waals surface area contributed by atoms with Gasteiger partial charge in [0.15, 0.2) is 0 Å². The summed E-state index contributed by atoms with van der Waals surface area (Å²) >= 11 is 0. The minimum Gasteiger partial charge on any atom is -0.462 e. The van der Waals surface area contributed by atoms with Gasteiger partial charge in [0.1, 0.15) is 12.6 Å². The van der Waals surface area contributed by atoms with Crippen molar-refractivity contribution in [1.82, 2.24) is 5.32 Å². The molecule has 1 aromatic carbocycles. The zero-order valence-electron chi connectivity index (χ0n) is 8.61. The van der Waals surface area contributed by atoms with Crippen molar-refractivity contribution in [3.05, 3.63) is 35.9 Å². The quantitative estimate of drug-likeness (QED) is 0.578. The molecule has 3 nitrogen and oxygen atoms in total. The lowest BCUT2D eigenvalue weighted by Gasteiger charge is -2.25. The van der Waals surface area contributed by atoms with Crippen molar-refractivity contribution in [2.45, 2.75) is 18.9 Å². The third-order valence-electron chi connectivity index (χ3n) is 2.55. The minimum atomic E-state index is -0.116. The molecule has 0 aliphatic carbocycles. The fourth-order valence-electron chi connectivity index (χ4n) is 1.59. The van der Waals surface area contributed by atoms with Gasteiger partial charge in [-0.05, 0) is 24.9 Å². The smallest absolute Gasteiger partial charge is 0.326 e. The summed E-state index contributed by atoms with van der Waals surface area (Å²) in [5.41, 5.74) is 1.34. The molecule has 1 N–H and O–H groups in total. The van der Waals surface area contributed by atoms with Gasteiger partial charge < -0.3 is 10.1 Å². The lowest BCUT2D eigenvalue weighted by molar-refractivity contribution is -0.162. The molecule has 0 radical (unpaired) electrons. The highest BCUT2D eigenvalue weighted by Crippen LogP contribution is 2.04. The van der Waals surface area contributed by atoms with E-state index in [9.17, 15) is 4.79 Å². The molecule has 15 heavy (non-hydrogen) atoms. The highest BCUT2D eigenvalue weighted by molar-refractivity contribution is 5.80. The standard InChI is InChI=1S/C12H15NO2/c14-12-11(9-15-12)13-8-4-7-10-5-2-1-3-6-10/h1-3,5-6,11,13H,4,7-9H2/t11-/m0/s1. The summed E-state index contributed by atoms with van der Waals surface area (Å²) in [7, 11) is 0. The Balaban J connectivity index is 1.61. The zero-order valence-corrected chi connectivity index (χ0v) is 8.61. The van der Waals surface area contributed by atoms with Crippen molar-refractivity contribution in [3.8, 4) is 0 Å². The fraction of sp³-hybridized carbons (Fsp3) is 0.417. The largest absolute Gasteiger partial charge is 0.462 e. The average Bonchev–Trinajstić information content (AvgIpc) is 2.28. The lowest BCUT2D eigenvalue weighted by Crippen LogP contribution is -2.51. The van der Waals surface area contributed by atoms with Gasteiger partial charge in [0, 0.05) is 0 Å². The van der Waals surface area contributed by atoms with Gasteiger partial charge in [-0.15, -0.1) is 0 Å². The first-order chi connectivity index (χ1) is 7.36. The summed E-state index contributed by atoms with van der Waals surface area (Å²) in [5.74, 6) is -0.116. The van der Waals surface area contributed by atoms with Gasteiger partial charge in [-0.25, -0.2) is 0 Å². The number of aryl methyl sites for hydroxylation is 1. The third kappa shape index (κ3) is 2.80. The van der Waals surface area contributed by atoms with Crippen LogP contribution in [-0.4, -0.2) is 25.2 Å². The molecule has 1 fully saturated rings. The number of hydrogen-bond donors (Lipinski definition) is 1. The van der Waals surface area contributed by atoms with Gasteiger partial charge in [0.2, 0.25) is 0 Å². The molecule has 2 rings (SSSR count). The second-order valence-corrected chi connectivity index (χ2v) is 3.73. The number of ether oxygens (including phenoxy) is 1.